The van der Waals surface area contributed by atoms with Crippen molar-refractivity contribution >= 4 is 45.6 Å². The van der Waals surface area contributed by atoms with Gasteiger partial charge in [-0.1, -0.05) is 36.7 Å². The van der Waals surface area contributed by atoms with Gasteiger partial charge in [0.2, 0.25) is 0 Å². The molecular formula is C17H19B3F6O7S. The van der Waals surface area contributed by atoms with Crippen molar-refractivity contribution in [1.82, 2.24) is 0 Å². The van der Waals surface area contributed by atoms with Crippen LogP contribution in [-0.2, 0) is 43.4 Å². The van der Waals surface area contributed by atoms with Crippen LogP contribution in [0.5, 0.6) is 5.75 Å². The van der Waals surface area contributed by atoms with Crippen LogP contribution in [0.15, 0.2) is 24.3 Å². The summed E-state index contributed by atoms with van der Waals surface area (Å²) in [5.74, 6) is -6.54. The van der Waals surface area contributed by atoms with Crippen LogP contribution in [-0.4, -0.2) is 72.2 Å². The summed E-state index contributed by atoms with van der Waals surface area (Å²) in [5.41, 5.74) is -3.40. The van der Waals surface area contributed by atoms with E-state index in [9.17, 15) is 44.3 Å². The van der Waals surface area contributed by atoms with E-state index in [0.717, 1.165) is 5.56 Å². The zero-order chi connectivity index (χ0) is 26.5. The van der Waals surface area contributed by atoms with Crippen LogP contribution in [0, 0.1) is 0 Å². The normalized spacial score (nSPS) is 13.1. The van der Waals surface area contributed by atoms with Gasteiger partial charge in [-0.2, -0.15) is 34.8 Å². The van der Waals surface area contributed by atoms with Gasteiger partial charge in [0.05, 0.1) is 0 Å². The molecule has 0 spiro atoms. The van der Waals surface area contributed by atoms with Crippen LogP contribution in [0.4, 0.5) is 26.3 Å². The molecule has 0 bridgehead atoms. The number of benzene rings is 1. The molecule has 0 atom stereocenters. The maximum Gasteiger partial charge on any atom is 0.438 e. The van der Waals surface area contributed by atoms with Gasteiger partial charge in [0.1, 0.15) is 35.0 Å². The van der Waals surface area contributed by atoms with E-state index in [1.54, 1.807) is 27.8 Å². The zero-order valence-corrected chi connectivity index (χ0v) is 19.0. The Labute approximate surface area is 193 Å². The lowest BCUT2D eigenvalue weighted by Crippen LogP contribution is -2.63. The molecule has 0 saturated carbocycles. The van der Waals surface area contributed by atoms with E-state index < -0.39 is 45.8 Å². The second kappa shape index (κ2) is 10.9. The van der Waals surface area contributed by atoms with Crippen LogP contribution in [0.25, 0.3) is 0 Å². The molecule has 186 valence electrons. The van der Waals surface area contributed by atoms with Gasteiger partial charge in [-0.15, -0.1) is 0 Å². The van der Waals surface area contributed by atoms with Crippen molar-refractivity contribution < 1.29 is 58.4 Å². The fourth-order valence-electron chi connectivity index (χ4n) is 2.89. The van der Waals surface area contributed by atoms with Crippen molar-refractivity contribution in [3.8, 4) is 5.75 Å². The maximum absolute atomic E-state index is 13.2. The van der Waals surface area contributed by atoms with Crippen LogP contribution in [0.3, 0.4) is 0 Å². The Kier molecular flexibility index (Phi) is 9.48. The van der Waals surface area contributed by atoms with Gasteiger partial charge < -0.3 is 9.47 Å². The van der Waals surface area contributed by atoms with Gasteiger partial charge in [0, 0.05) is 12.2 Å². The molecule has 34 heavy (non-hydrogen) atoms. The molecule has 0 heterocycles. The largest absolute Gasteiger partial charge is 0.438 e. The molecule has 0 aromatic heterocycles. The van der Waals surface area contributed by atoms with Crippen molar-refractivity contribution in [3.63, 3.8) is 0 Å². The van der Waals surface area contributed by atoms with E-state index >= 15 is 0 Å². The van der Waals surface area contributed by atoms with Gasteiger partial charge in [-0.05, 0) is 11.1 Å². The molecule has 1 aromatic carbocycles. The van der Waals surface area contributed by atoms with E-state index in [1.807, 2.05) is 7.85 Å². The van der Waals surface area contributed by atoms with Crippen LogP contribution in [0.1, 0.15) is 16.7 Å². The predicted octanol–water partition coefficient (Wildman–Crippen LogP) is -0.158. The summed E-state index contributed by atoms with van der Waals surface area (Å²) in [6.45, 7) is 0. The summed E-state index contributed by atoms with van der Waals surface area (Å²) in [6, 6.07) is 3.52. The third-order valence-corrected chi connectivity index (χ3v) is 5.38. The van der Waals surface area contributed by atoms with E-state index in [-0.39, 0.29) is 17.9 Å². The summed E-state index contributed by atoms with van der Waals surface area (Å²) in [6.07, 6.45) is -11.2. The van der Waals surface area contributed by atoms with Crippen molar-refractivity contribution in [2.75, 3.05) is 5.75 Å². The average Bonchev–Trinajstić information content (AvgIpc) is 2.69. The highest BCUT2D eigenvalue weighted by Gasteiger charge is 2.75. The van der Waals surface area contributed by atoms with Crippen molar-refractivity contribution in [3.05, 3.63) is 41.0 Å². The van der Waals surface area contributed by atoms with Gasteiger partial charge in [0.15, 0.2) is 0 Å². The molecule has 1 aromatic rings. The minimum Gasteiger partial charge on any atom is -0.435 e. The summed E-state index contributed by atoms with van der Waals surface area (Å²) in [7, 11) is -0.487. The Morgan fingerprint density at radius 3 is 1.68 bits per heavy atom. The molecule has 1 rings (SSSR count). The number of hydrogen-bond donors (Lipinski definition) is 1. The summed E-state index contributed by atoms with van der Waals surface area (Å²) >= 11 is 0. The standard InChI is InChI=1S/C17H19B3F6O7S/c18-5-9-3-10(6-19)14(11(4-9)7-20)32-12(27)1-2-13(28)33-15(16(21,22)23,17(24,25)26)8-34(29,30)31/h1-4H,5-8,18-20H2,(H,29,30,31)/b2-1-. The summed E-state index contributed by atoms with van der Waals surface area (Å²) in [4.78, 5) is 23.8. The molecule has 0 amide bonds. The van der Waals surface area contributed by atoms with Gasteiger partial charge in [-0.25, -0.2) is 9.59 Å². The first-order valence-corrected chi connectivity index (χ1v) is 11.4. The highest BCUT2D eigenvalue weighted by Crippen LogP contribution is 2.46. The van der Waals surface area contributed by atoms with Crippen LogP contribution >= 0.6 is 0 Å². The second-order valence-corrected chi connectivity index (χ2v) is 8.48. The molecule has 0 saturated heterocycles. The van der Waals surface area contributed by atoms with Crippen molar-refractivity contribution in [2.24, 2.45) is 0 Å². The van der Waals surface area contributed by atoms with E-state index in [1.165, 1.54) is 0 Å². The monoisotopic (exact) mass is 514 g/mol. The van der Waals surface area contributed by atoms with Gasteiger partial charge >= 0.3 is 29.9 Å². The number of rotatable bonds is 9. The fraction of sp³-hybridized carbons (Fsp3) is 0.412. The minimum absolute atomic E-state index is 0.0732. The number of carbonyl (C=O) groups excluding carboxylic acids is 2. The highest BCUT2D eigenvalue weighted by molar-refractivity contribution is 7.85. The van der Waals surface area contributed by atoms with Crippen LogP contribution < -0.4 is 4.74 Å². The number of hydrogen-bond acceptors (Lipinski definition) is 6. The third kappa shape index (κ3) is 7.29. The first kappa shape index (κ1) is 29.6. The number of alkyl halides is 6. The lowest BCUT2D eigenvalue weighted by molar-refractivity contribution is -0.360. The van der Waals surface area contributed by atoms with Gasteiger partial charge in [0.25, 0.3) is 10.1 Å². The van der Waals surface area contributed by atoms with Crippen molar-refractivity contribution in [2.45, 2.75) is 36.9 Å². The van der Waals surface area contributed by atoms with Crippen molar-refractivity contribution in [1.29, 1.82) is 0 Å². The molecule has 0 fully saturated rings. The molecule has 0 aliphatic rings. The summed E-state index contributed by atoms with van der Waals surface area (Å²) in [5, 5.41) is 0. The average molecular weight is 514 g/mol. The predicted molar refractivity (Wildman–Crippen MR) is 115 cm³/mol. The quantitative estimate of drug-likeness (QED) is 0.122. The number of carbonyl (C=O) groups is 2. The number of esters is 2. The van der Waals surface area contributed by atoms with Crippen LogP contribution in [0.2, 0.25) is 0 Å². The first-order valence-electron chi connectivity index (χ1n) is 9.76. The lowest BCUT2D eigenvalue weighted by Gasteiger charge is -2.35. The molecule has 0 unspecified atom stereocenters. The Morgan fingerprint density at radius 2 is 1.32 bits per heavy atom. The molecule has 7 nitrogen and oxygen atoms in total. The first-order chi connectivity index (χ1) is 15.4. The molecule has 17 heteroatoms. The molecule has 1 N–H and O–H groups in total. The van der Waals surface area contributed by atoms with E-state index in [0.29, 0.717) is 30.1 Å². The Hall–Kier alpha value is -2.42. The highest BCUT2D eigenvalue weighted by atomic mass is 32.2. The Morgan fingerprint density at radius 1 is 0.882 bits per heavy atom. The molecule has 0 radical (unpaired) electrons. The fourth-order valence-corrected chi connectivity index (χ4v) is 3.79. The molecule has 0 aliphatic carbocycles. The second-order valence-electron chi connectivity index (χ2n) is 7.03. The lowest BCUT2D eigenvalue weighted by atomic mass is 9.85. The van der Waals surface area contributed by atoms with E-state index in [4.69, 9.17) is 9.29 Å². The third-order valence-electron chi connectivity index (χ3n) is 4.61. The number of ether oxygens (including phenoxy) is 2. The molecule has 0 aliphatic heterocycles. The Bertz CT molecular complexity index is 1020. The smallest absolute Gasteiger partial charge is 0.435 e. The zero-order valence-electron chi connectivity index (χ0n) is 18.2. The maximum atomic E-state index is 13.2. The summed E-state index contributed by atoms with van der Waals surface area (Å²) < 4.78 is 118. The molecular weight excluding hydrogens is 495 g/mol. The number of halogens is 6. The topological polar surface area (TPSA) is 107 Å². The Balaban J connectivity index is 3.23. The van der Waals surface area contributed by atoms with Gasteiger partial charge in [-0.3, -0.25) is 4.55 Å². The van der Waals surface area contributed by atoms with E-state index in [2.05, 4.69) is 4.74 Å². The SMILES string of the molecule is BCc1cc(CB)c(OC(=O)/C=C\C(=O)OC(CS(=O)(=O)O)(C(F)(F)F)C(F)(F)F)c(CB)c1. The minimum atomic E-state index is -6.47.